The van der Waals surface area contributed by atoms with Crippen molar-refractivity contribution in [3.05, 3.63) is 0 Å². The highest BCUT2D eigenvalue weighted by Crippen LogP contribution is 2.10. The molecule has 0 atom stereocenters. The second-order valence-electron chi connectivity index (χ2n) is 14.0. The van der Waals surface area contributed by atoms with E-state index in [1.54, 1.807) is 0 Å². The number of thioether (sulfide) groups is 2. The first kappa shape index (κ1) is 117. The van der Waals surface area contributed by atoms with Crippen molar-refractivity contribution in [2.24, 2.45) is 45.8 Å². The van der Waals surface area contributed by atoms with Gasteiger partial charge in [-0.3, -0.25) is 25.0 Å². The van der Waals surface area contributed by atoms with Crippen molar-refractivity contribution in [2.75, 3.05) is 91.4 Å². The van der Waals surface area contributed by atoms with Gasteiger partial charge in [-0.15, -0.1) is 23.5 Å². The summed E-state index contributed by atoms with van der Waals surface area (Å²) in [6, 6.07) is 0. The minimum absolute atomic E-state index is 0.784. The summed E-state index contributed by atoms with van der Waals surface area (Å²) >= 11 is 3.69. The Kier molecular flexibility index (Phi) is 167. The summed E-state index contributed by atoms with van der Waals surface area (Å²) in [6.07, 6.45) is 8.82. The van der Waals surface area contributed by atoms with Crippen molar-refractivity contribution < 1.29 is 24.1 Å². The summed E-state index contributed by atoms with van der Waals surface area (Å²) in [5, 5.41) is 29.5. The van der Waals surface area contributed by atoms with Crippen LogP contribution in [0.15, 0.2) is 45.8 Å². The Morgan fingerprint density at radius 2 is 0.570 bits per heavy atom. The summed E-state index contributed by atoms with van der Waals surface area (Å²) in [7, 11) is 3.99. The summed E-state index contributed by atoms with van der Waals surface area (Å²) in [5.74, 6) is 3.23. The van der Waals surface area contributed by atoms with E-state index < -0.39 is 0 Å². The molecule has 9 rings (SSSR count). The van der Waals surface area contributed by atoms with E-state index in [-0.39, 0.29) is 0 Å². The highest BCUT2D eigenvalue weighted by atomic mass is 32.2. The monoisotopic (exact) mass is 1270 g/mol. The van der Waals surface area contributed by atoms with Crippen molar-refractivity contribution in [2.45, 2.75) is 308 Å². The first-order chi connectivity index (χ1) is 41.8. The normalized spacial score (nSPS) is 14.7. The van der Waals surface area contributed by atoms with Crippen LogP contribution in [0.3, 0.4) is 0 Å². The molecule has 86 heavy (non-hydrogen) atoms. The van der Waals surface area contributed by atoms with Gasteiger partial charge in [0, 0.05) is 95.8 Å². The van der Waals surface area contributed by atoms with Gasteiger partial charge in [0.25, 0.3) is 0 Å². The Morgan fingerprint density at radius 3 is 0.640 bits per heavy atom. The maximum atomic E-state index is 4.90. The number of aliphatic imine (C=N–C) groups is 3. The van der Waals surface area contributed by atoms with Crippen molar-refractivity contribution in [3.63, 3.8) is 0 Å². The SMILES string of the molecule is CC.CC.CC.CC.CC.CC.CC.CC.CC.CC.CC.CC.CC.CC.CC1=NCCO1.CC1=NCCS1.CC1=NCCS1.CC1=NN(C)CC1.CC1=NN(C)CC1.CC1=NOCC1.CC1=NOCC1.CC1=NOCCC1.CC1=NOCCC1. The number of oxime groups is 4. The number of hydrogen-bond donors (Lipinski definition) is 0. The van der Waals surface area contributed by atoms with Crippen LogP contribution in [0.2, 0.25) is 0 Å². The quantitative estimate of drug-likeness (QED) is 0.230. The molecule has 0 bridgehead atoms. The van der Waals surface area contributed by atoms with Crippen molar-refractivity contribution >= 4 is 73.8 Å². The molecule has 0 aliphatic carbocycles. The Bertz CT molecular complexity index is 1270. The molecule has 0 saturated carbocycles. The van der Waals surface area contributed by atoms with Crippen molar-refractivity contribution in [3.8, 4) is 0 Å². The lowest BCUT2D eigenvalue weighted by atomic mass is 10.2. The average Bonchev–Trinajstić information content (AvgIpc) is 4.50. The smallest absolute Gasteiger partial charge is 0.180 e. The van der Waals surface area contributed by atoms with Crippen LogP contribution in [0, 0.1) is 0 Å². The summed E-state index contributed by atoms with van der Waals surface area (Å²) in [4.78, 5) is 31.0. The van der Waals surface area contributed by atoms with E-state index in [0.29, 0.717) is 0 Å². The van der Waals surface area contributed by atoms with Gasteiger partial charge in [0.05, 0.1) is 39.5 Å². The van der Waals surface area contributed by atoms with Crippen molar-refractivity contribution in [1.82, 2.24) is 10.0 Å². The number of rotatable bonds is 0. The molecule has 0 unspecified atom stereocenters. The zero-order chi connectivity index (χ0) is 70.8. The molecule has 0 fully saturated rings. The molecule has 0 aromatic heterocycles. The molecule has 0 aromatic carbocycles. The van der Waals surface area contributed by atoms with Gasteiger partial charge in [-0.25, -0.2) is 0 Å². The molecular weight excluding hydrogens is 1110 g/mol. The molecule has 0 aromatic rings. The number of ether oxygens (including phenoxy) is 1. The van der Waals surface area contributed by atoms with Gasteiger partial charge in [0.1, 0.15) is 33.0 Å². The largest absolute Gasteiger partial charge is 0.479 e. The minimum atomic E-state index is 0.784. The lowest BCUT2D eigenvalue weighted by Gasteiger charge is -2.05. The molecule has 526 valence electrons. The first-order valence-corrected chi connectivity index (χ1v) is 36.3. The van der Waals surface area contributed by atoms with Crippen LogP contribution < -0.4 is 0 Å². The van der Waals surface area contributed by atoms with E-state index in [4.69, 9.17) is 14.4 Å². The lowest BCUT2D eigenvalue weighted by Crippen LogP contribution is -2.04. The predicted octanol–water partition coefficient (Wildman–Crippen LogP) is 22.4. The fourth-order valence-electron chi connectivity index (χ4n) is 4.73. The molecule has 0 saturated heterocycles. The van der Waals surface area contributed by atoms with Crippen LogP contribution in [-0.2, 0) is 24.1 Å². The Hall–Kier alpha value is -3.67. The fourth-order valence-corrected chi connectivity index (χ4v) is 6.06. The van der Waals surface area contributed by atoms with Crippen LogP contribution in [0.25, 0.3) is 0 Å². The Labute approximate surface area is 549 Å². The highest BCUT2D eigenvalue weighted by Gasteiger charge is 2.05. The second-order valence-corrected chi connectivity index (χ2v) is 16.6. The van der Waals surface area contributed by atoms with E-state index in [2.05, 4.69) is 83.2 Å². The van der Waals surface area contributed by atoms with Crippen LogP contribution in [0.4, 0.5) is 0 Å². The van der Waals surface area contributed by atoms with Crippen molar-refractivity contribution in [1.29, 1.82) is 0 Å². The van der Waals surface area contributed by atoms with Gasteiger partial charge in [-0.05, 0) is 81.1 Å². The van der Waals surface area contributed by atoms with Gasteiger partial charge in [0.15, 0.2) is 5.90 Å². The maximum absolute atomic E-state index is 4.90. The molecule has 9 heterocycles. The van der Waals surface area contributed by atoms with E-state index >= 15 is 0 Å². The zero-order valence-corrected chi connectivity index (χ0v) is 67.1. The van der Waals surface area contributed by atoms with E-state index in [0.717, 1.165) is 146 Å². The van der Waals surface area contributed by atoms with E-state index in [1.807, 2.05) is 276 Å². The van der Waals surface area contributed by atoms with Gasteiger partial charge < -0.3 is 24.1 Å². The molecule has 0 spiro atoms. The van der Waals surface area contributed by atoms with Crippen LogP contribution in [-0.4, -0.2) is 152 Å². The van der Waals surface area contributed by atoms with E-state index in [1.165, 1.54) is 33.0 Å². The van der Waals surface area contributed by atoms with Crippen LogP contribution in [0.1, 0.15) is 308 Å². The van der Waals surface area contributed by atoms with E-state index in [9.17, 15) is 0 Å². The third-order valence-electron chi connectivity index (χ3n) is 8.03. The Balaban J connectivity index is -0.0000000538. The standard InChI is InChI=1S/2C5H10N2.2C5H9NO.3C4H7NO.2C4H7NS.14C2H6/c2*1-5-3-4-7(2)6-5;2*1-5-3-2-4-7-6-5;1-4-5-2-3-6-4;2*1-4-2-3-6-5-4;2*1-4-5-2-3-6-4;14*1-2/h2*3-4H2,1-2H3;2*2-4H2,1H3;5*2-3H2,1H3;14*1-2H3. The van der Waals surface area contributed by atoms with Crippen LogP contribution in [0.5, 0.6) is 0 Å². The number of nitrogens with zero attached hydrogens (tertiary/aromatic N) is 11. The molecule has 16 nitrogen and oxygen atoms in total. The summed E-state index contributed by atoms with van der Waals surface area (Å²) in [5.41, 5.74) is 6.95. The summed E-state index contributed by atoms with van der Waals surface area (Å²) < 4.78 is 4.90. The molecule has 9 aliphatic rings. The van der Waals surface area contributed by atoms with Gasteiger partial charge in [-0.2, -0.15) is 10.2 Å². The highest BCUT2D eigenvalue weighted by molar-refractivity contribution is 8.14. The first-order valence-electron chi connectivity index (χ1n) is 34.4. The van der Waals surface area contributed by atoms with Gasteiger partial charge >= 0.3 is 0 Å². The number of hydrogen-bond acceptors (Lipinski definition) is 18. The average molecular weight is 1270 g/mol. The fraction of sp³-hybridized carbons (Fsp3) is 0.868. The van der Waals surface area contributed by atoms with Gasteiger partial charge in [-0.1, -0.05) is 214 Å². The topological polar surface area (TPSA) is 164 Å². The molecule has 18 heteroatoms. The molecule has 9 aliphatic heterocycles. The molecular formula is C68H157N11O5S2. The zero-order valence-electron chi connectivity index (χ0n) is 65.4. The third-order valence-corrected chi connectivity index (χ3v) is 9.89. The van der Waals surface area contributed by atoms with Gasteiger partial charge in [0.2, 0.25) is 0 Å². The molecule has 0 amide bonds. The minimum Gasteiger partial charge on any atom is -0.479 e. The van der Waals surface area contributed by atoms with Crippen LogP contribution >= 0.6 is 23.5 Å². The number of hydrazone groups is 2. The molecule has 0 N–H and O–H groups in total. The Morgan fingerprint density at radius 1 is 0.302 bits per heavy atom. The summed E-state index contributed by atoms with van der Waals surface area (Å²) in [6.45, 7) is 83.1. The maximum Gasteiger partial charge on any atom is 0.180 e. The lowest BCUT2D eigenvalue weighted by molar-refractivity contribution is 0.131. The molecule has 0 radical (unpaired) electrons. The second kappa shape index (κ2) is 123. The third kappa shape index (κ3) is 118. The predicted molar refractivity (Wildman–Crippen MR) is 408 cm³/mol.